The number of nitrogens with zero attached hydrogens (tertiary/aromatic N) is 2. The van der Waals surface area contributed by atoms with Crippen LogP contribution >= 0.6 is 0 Å². The maximum absolute atomic E-state index is 4.70. The van der Waals surface area contributed by atoms with E-state index in [2.05, 4.69) is 73.7 Å². The van der Waals surface area contributed by atoms with Crippen LogP contribution in [0.3, 0.4) is 0 Å². The molecule has 27 heavy (non-hydrogen) atoms. The van der Waals surface area contributed by atoms with E-state index < -0.39 is 0 Å². The first-order valence-corrected chi connectivity index (χ1v) is 10.2. The summed E-state index contributed by atoms with van der Waals surface area (Å²) in [7, 11) is 0. The van der Waals surface area contributed by atoms with Crippen molar-refractivity contribution in [1.82, 2.24) is 9.99 Å². The fraction of sp³-hybridized carbons (Fsp3) is 0.375. The Bertz CT molecular complexity index is 942. The first kappa shape index (κ1) is 18.0. The lowest BCUT2D eigenvalue weighted by Crippen LogP contribution is -2.26. The molecule has 2 heterocycles. The van der Waals surface area contributed by atoms with Gasteiger partial charge in [0.2, 0.25) is 0 Å². The molecule has 140 valence electrons. The molecular formula is C24H29N3. The molecule has 1 N–H and O–H groups in total. The van der Waals surface area contributed by atoms with E-state index in [0.717, 1.165) is 19.5 Å². The van der Waals surface area contributed by atoms with Gasteiger partial charge in [-0.2, -0.15) is 0 Å². The Hall–Kier alpha value is -2.39. The predicted octanol–water partition coefficient (Wildman–Crippen LogP) is 6.15. The van der Waals surface area contributed by atoms with Crippen LogP contribution in [0.25, 0.3) is 21.9 Å². The molecule has 1 fully saturated rings. The lowest BCUT2D eigenvalue weighted by atomic mass is 9.96. The molecule has 0 aliphatic carbocycles. The lowest BCUT2D eigenvalue weighted by molar-refractivity contribution is 0.410. The number of aromatic nitrogens is 1. The van der Waals surface area contributed by atoms with Crippen LogP contribution in [0, 0.1) is 6.92 Å². The molecule has 3 aromatic rings. The maximum atomic E-state index is 4.70. The summed E-state index contributed by atoms with van der Waals surface area (Å²) in [5.41, 5.74) is 9.75. The second kappa shape index (κ2) is 7.69. The van der Waals surface area contributed by atoms with Gasteiger partial charge in [0, 0.05) is 36.1 Å². The van der Waals surface area contributed by atoms with E-state index in [0.29, 0.717) is 5.92 Å². The van der Waals surface area contributed by atoms with Gasteiger partial charge in [-0.1, -0.05) is 32.0 Å². The van der Waals surface area contributed by atoms with Crippen molar-refractivity contribution in [3.8, 4) is 11.1 Å². The summed E-state index contributed by atoms with van der Waals surface area (Å²) in [6, 6.07) is 15.6. The first-order chi connectivity index (χ1) is 13.1. The second-order valence-corrected chi connectivity index (χ2v) is 7.82. The molecule has 1 atom stereocenters. The molecule has 3 heteroatoms. The van der Waals surface area contributed by atoms with Gasteiger partial charge in [-0.05, 0) is 78.4 Å². The second-order valence-electron chi connectivity index (χ2n) is 7.82. The summed E-state index contributed by atoms with van der Waals surface area (Å²) in [5.74, 6) is 0.504. The number of hydrazine groups is 1. The molecule has 0 saturated carbocycles. The Labute approximate surface area is 162 Å². The normalized spacial score (nSPS) is 16.0. The molecule has 1 saturated heterocycles. The van der Waals surface area contributed by atoms with Crippen molar-refractivity contribution in [3.05, 3.63) is 59.9 Å². The van der Waals surface area contributed by atoms with Crippen molar-refractivity contribution in [3.63, 3.8) is 0 Å². The van der Waals surface area contributed by atoms with Crippen LogP contribution in [0.2, 0.25) is 0 Å². The number of anilines is 1. The summed E-state index contributed by atoms with van der Waals surface area (Å²) in [4.78, 5) is 4.70. The topological polar surface area (TPSA) is 28.2 Å². The van der Waals surface area contributed by atoms with Crippen molar-refractivity contribution in [2.45, 2.75) is 46.0 Å². The molecule has 1 aromatic heterocycles. The molecule has 4 rings (SSSR count). The Morgan fingerprint density at radius 2 is 1.85 bits per heavy atom. The van der Waals surface area contributed by atoms with E-state index in [1.165, 1.54) is 51.7 Å². The van der Waals surface area contributed by atoms with Crippen LogP contribution < -0.4 is 5.43 Å². The SMILES string of the molecule is CCC(C)c1cc2ccc(-c3cc(NN4CCCC4)ccc3C)cc2cn1. The minimum Gasteiger partial charge on any atom is -0.319 e. The third kappa shape index (κ3) is 3.84. The monoisotopic (exact) mass is 359 g/mol. The smallest absolute Gasteiger partial charge is 0.0496 e. The van der Waals surface area contributed by atoms with Gasteiger partial charge in [0.15, 0.2) is 0 Å². The molecule has 1 aliphatic rings. The summed E-state index contributed by atoms with van der Waals surface area (Å²) in [6.45, 7) is 8.90. The molecule has 0 amide bonds. The third-order valence-electron chi connectivity index (χ3n) is 5.80. The van der Waals surface area contributed by atoms with E-state index in [-0.39, 0.29) is 0 Å². The summed E-state index contributed by atoms with van der Waals surface area (Å²) < 4.78 is 0. The average molecular weight is 360 g/mol. The lowest BCUT2D eigenvalue weighted by Gasteiger charge is -2.19. The van der Waals surface area contributed by atoms with Crippen molar-refractivity contribution < 1.29 is 0 Å². The van der Waals surface area contributed by atoms with Crippen molar-refractivity contribution >= 4 is 16.5 Å². The number of fused-ring (bicyclic) bond motifs is 1. The number of hydrogen-bond acceptors (Lipinski definition) is 3. The van der Waals surface area contributed by atoms with Gasteiger partial charge in [0.25, 0.3) is 0 Å². The van der Waals surface area contributed by atoms with E-state index in [1.54, 1.807) is 0 Å². The number of nitrogens with one attached hydrogen (secondary N) is 1. The highest BCUT2D eigenvalue weighted by Crippen LogP contribution is 2.30. The zero-order valence-corrected chi connectivity index (χ0v) is 16.6. The zero-order chi connectivity index (χ0) is 18.8. The average Bonchev–Trinajstić information content (AvgIpc) is 3.21. The fourth-order valence-corrected chi connectivity index (χ4v) is 3.82. The number of hydrogen-bond donors (Lipinski definition) is 1. The minimum atomic E-state index is 0.504. The molecule has 3 nitrogen and oxygen atoms in total. The van der Waals surface area contributed by atoms with Crippen LogP contribution in [0.15, 0.2) is 48.7 Å². The quantitative estimate of drug-likeness (QED) is 0.592. The molecule has 1 aliphatic heterocycles. The minimum absolute atomic E-state index is 0.504. The summed E-state index contributed by atoms with van der Waals surface area (Å²) >= 11 is 0. The first-order valence-electron chi connectivity index (χ1n) is 10.2. The highest BCUT2D eigenvalue weighted by atomic mass is 15.5. The number of rotatable bonds is 5. The van der Waals surface area contributed by atoms with E-state index in [9.17, 15) is 0 Å². The standard InChI is InChI=1S/C24H29N3/c1-4-17(2)24-14-19-8-9-20(13-21(19)16-25-24)23-15-22(10-7-18(23)3)26-27-11-5-6-12-27/h7-10,13-17,26H,4-6,11-12H2,1-3H3. The molecular weight excluding hydrogens is 330 g/mol. The Morgan fingerprint density at radius 1 is 1.04 bits per heavy atom. The number of aryl methyl sites for hydroxylation is 1. The van der Waals surface area contributed by atoms with Gasteiger partial charge in [-0.15, -0.1) is 0 Å². The largest absolute Gasteiger partial charge is 0.319 e. The molecule has 1 unspecified atom stereocenters. The maximum Gasteiger partial charge on any atom is 0.0496 e. The summed E-state index contributed by atoms with van der Waals surface area (Å²) in [6.07, 6.45) is 5.71. The van der Waals surface area contributed by atoms with Crippen LogP contribution in [0.1, 0.15) is 50.3 Å². The van der Waals surface area contributed by atoms with Crippen LogP contribution in [-0.4, -0.2) is 23.1 Å². The highest BCUT2D eigenvalue weighted by molar-refractivity contribution is 5.88. The zero-order valence-electron chi connectivity index (χ0n) is 16.6. The molecule has 0 radical (unpaired) electrons. The Morgan fingerprint density at radius 3 is 2.63 bits per heavy atom. The van der Waals surface area contributed by atoms with Crippen molar-refractivity contribution in [2.75, 3.05) is 18.5 Å². The van der Waals surface area contributed by atoms with Crippen molar-refractivity contribution in [2.24, 2.45) is 0 Å². The van der Waals surface area contributed by atoms with Crippen LogP contribution in [0.5, 0.6) is 0 Å². The van der Waals surface area contributed by atoms with Gasteiger partial charge in [0.1, 0.15) is 0 Å². The van der Waals surface area contributed by atoms with Crippen LogP contribution in [0.4, 0.5) is 5.69 Å². The predicted molar refractivity (Wildman–Crippen MR) is 115 cm³/mol. The molecule has 0 bridgehead atoms. The highest BCUT2D eigenvalue weighted by Gasteiger charge is 2.12. The van der Waals surface area contributed by atoms with Gasteiger partial charge >= 0.3 is 0 Å². The third-order valence-corrected chi connectivity index (χ3v) is 5.80. The number of benzene rings is 2. The fourth-order valence-electron chi connectivity index (χ4n) is 3.82. The van der Waals surface area contributed by atoms with E-state index in [4.69, 9.17) is 4.98 Å². The van der Waals surface area contributed by atoms with E-state index in [1.807, 2.05) is 6.20 Å². The molecule has 2 aromatic carbocycles. The van der Waals surface area contributed by atoms with Crippen molar-refractivity contribution in [1.29, 1.82) is 0 Å². The Balaban J connectivity index is 1.66. The Kier molecular flexibility index (Phi) is 5.13. The van der Waals surface area contributed by atoms with Gasteiger partial charge in [0.05, 0.1) is 0 Å². The van der Waals surface area contributed by atoms with Gasteiger partial charge in [-0.3, -0.25) is 4.98 Å². The molecule has 0 spiro atoms. The van der Waals surface area contributed by atoms with Crippen LogP contribution in [-0.2, 0) is 0 Å². The van der Waals surface area contributed by atoms with E-state index >= 15 is 0 Å². The van der Waals surface area contributed by atoms with Gasteiger partial charge in [-0.25, -0.2) is 5.01 Å². The van der Waals surface area contributed by atoms with Gasteiger partial charge < -0.3 is 5.43 Å². The summed E-state index contributed by atoms with van der Waals surface area (Å²) in [5, 5.41) is 4.79. The number of pyridine rings is 1.